The van der Waals surface area contributed by atoms with E-state index < -0.39 is 9.84 Å². The number of hydrogen-bond donors (Lipinski definition) is 0. The Morgan fingerprint density at radius 2 is 1.86 bits per heavy atom. The van der Waals surface area contributed by atoms with Crippen LogP contribution in [-0.4, -0.2) is 47.7 Å². The molecular weight excluding hydrogens is 392 g/mol. The summed E-state index contributed by atoms with van der Waals surface area (Å²) < 4.78 is 28.4. The van der Waals surface area contributed by atoms with Gasteiger partial charge in [-0.1, -0.05) is 17.3 Å². The first-order valence-corrected chi connectivity index (χ1v) is 10.8. The molecule has 0 spiro atoms. The Morgan fingerprint density at radius 3 is 2.45 bits per heavy atom. The van der Waals surface area contributed by atoms with Gasteiger partial charge in [0.25, 0.3) is 0 Å². The van der Waals surface area contributed by atoms with Crippen LogP contribution in [0, 0.1) is 13.8 Å². The molecule has 9 heteroatoms. The number of likely N-dealkylation sites (N-methyl/N-ethyl adjacent to an activating group) is 1. The molecule has 29 heavy (non-hydrogen) atoms. The topological polar surface area (TPSA) is 106 Å². The lowest BCUT2D eigenvalue weighted by molar-refractivity contribution is -0.129. The van der Waals surface area contributed by atoms with Gasteiger partial charge in [-0.2, -0.15) is 0 Å². The van der Waals surface area contributed by atoms with Crippen LogP contribution in [0.4, 0.5) is 0 Å². The van der Waals surface area contributed by atoms with Crippen LogP contribution in [0.3, 0.4) is 0 Å². The number of carbonyl (C=O) groups excluding carboxylic acids is 1. The first-order chi connectivity index (χ1) is 13.6. The average Bonchev–Trinajstić information content (AvgIpc) is 3.07. The second kappa shape index (κ2) is 8.12. The van der Waals surface area contributed by atoms with Crippen molar-refractivity contribution in [2.24, 2.45) is 0 Å². The van der Waals surface area contributed by atoms with Crippen LogP contribution in [-0.2, 0) is 27.6 Å². The Hall–Kier alpha value is -3.07. The molecule has 0 aliphatic heterocycles. The predicted molar refractivity (Wildman–Crippen MR) is 107 cm³/mol. The van der Waals surface area contributed by atoms with Crippen molar-refractivity contribution in [2.75, 3.05) is 13.3 Å². The number of amides is 1. The smallest absolute Gasteiger partial charge is 0.227 e. The zero-order chi connectivity index (χ0) is 21.2. The largest absolute Gasteiger partial charge is 0.356 e. The molecule has 0 aliphatic rings. The Morgan fingerprint density at radius 1 is 1.17 bits per heavy atom. The molecule has 3 rings (SSSR count). The number of sulfone groups is 1. The molecule has 2 heterocycles. The van der Waals surface area contributed by atoms with E-state index in [9.17, 15) is 13.2 Å². The first-order valence-electron chi connectivity index (χ1n) is 8.92. The number of hydrogen-bond acceptors (Lipinski definition) is 7. The molecule has 2 aromatic heterocycles. The third-order valence-electron chi connectivity index (χ3n) is 4.40. The van der Waals surface area contributed by atoms with Crippen LogP contribution in [0.1, 0.15) is 22.8 Å². The summed E-state index contributed by atoms with van der Waals surface area (Å²) in [6.07, 6.45) is 2.97. The van der Waals surface area contributed by atoms with Crippen molar-refractivity contribution in [3.8, 4) is 11.3 Å². The summed E-state index contributed by atoms with van der Waals surface area (Å²) in [6, 6.07) is 8.12. The van der Waals surface area contributed by atoms with E-state index >= 15 is 0 Å². The normalized spacial score (nSPS) is 11.4. The van der Waals surface area contributed by atoms with E-state index in [2.05, 4.69) is 15.1 Å². The minimum absolute atomic E-state index is 0.118. The second-order valence-electron chi connectivity index (χ2n) is 6.95. The zero-order valence-electron chi connectivity index (χ0n) is 16.7. The molecule has 0 radical (unpaired) electrons. The first kappa shape index (κ1) is 20.7. The summed E-state index contributed by atoms with van der Waals surface area (Å²) in [7, 11) is -1.57. The molecule has 0 atom stereocenters. The minimum atomic E-state index is -3.26. The van der Waals surface area contributed by atoms with Gasteiger partial charge in [-0.05, 0) is 31.5 Å². The van der Waals surface area contributed by atoms with Gasteiger partial charge in [-0.15, -0.1) is 0 Å². The highest BCUT2D eigenvalue weighted by Crippen LogP contribution is 2.24. The van der Waals surface area contributed by atoms with Crippen LogP contribution in [0.2, 0.25) is 0 Å². The molecular formula is C20H22N4O4S. The molecule has 152 valence electrons. The van der Waals surface area contributed by atoms with Crippen LogP contribution in [0.25, 0.3) is 11.3 Å². The fourth-order valence-corrected chi connectivity index (χ4v) is 3.44. The molecule has 0 N–H and O–H groups in total. The van der Waals surface area contributed by atoms with E-state index in [0.717, 1.165) is 17.5 Å². The van der Waals surface area contributed by atoms with Crippen molar-refractivity contribution in [2.45, 2.75) is 31.7 Å². The summed E-state index contributed by atoms with van der Waals surface area (Å²) in [4.78, 5) is 23.1. The van der Waals surface area contributed by atoms with Crippen molar-refractivity contribution < 1.29 is 17.7 Å². The SMILES string of the molecule is Cc1cc(-c2cnc(C)nc2CN(C)C(=O)Cc2ccc(S(C)(=O)=O)cc2)on1. The maximum Gasteiger partial charge on any atom is 0.227 e. The number of aryl methyl sites for hydroxylation is 2. The fraction of sp³-hybridized carbons (Fsp3) is 0.300. The zero-order valence-corrected chi connectivity index (χ0v) is 17.5. The lowest BCUT2D eigenvalue weighted by atomic mass is 10.1. The Kier molecular flexibility index (Phi) is 5.78. The summed E-state index contributed by atoms with van der Waals surface area (Å²) >= 11 is 0. The Labute approximate surface area is 169 Å². The molecule has 8 nitrogen and oxygen atoms in total. The van der Waals surface area contributed by atoms with E-state index in [4.69, 9.17) is 4.52 Å². The van der Waals surface area contributed by atoms with Gasteiger partial charge < -0.3 is 9.42 Å². The van der Waals surface area contributed by atoms with Gasteiger partial charge >= 0.3 is 0 Å². The van der Waals surface area contributed by atoms with Gasteiger partial charge in [0.05, 0.1) is 34.8 Å². The van der Waals surface area contributed by atoms with Crippen molar-refractivity contribution in [3.05, 3.63) is 59.3 Å². The fourth-order valence-electron chi connectivity index (χ4n) is 2.81. The molecule has 0 unspecified atom stereocenters. The quantitative estimate of drug-likeness (QED) is 0.609. The second-order valence-corrected chi connectivity index (χ2v) is 8.97. The third kappa shape index (κ3) is 5.05. The molecule has 0 fully saturated rings. The van der Waals surface area contributed by atoms with Gasteiger partial charge in [0, 0.05) is 25.6 Å². The predicted octanol–water partition coefficient (Wildman–Crippen LogP) is 2.35. The van der Waals surface area contributed by atoms with Gasteiger partial charge in [0.1, 0.15) is 5.82 Å². The van der Waals surface area contributed by atoms with E-state index in [1.807, 2.05) is 6.92 Å². The van der Waals surface area contributed by atoms with Crippen LogP contribution in [0.15, 0.2) is 45.9 Å². The van der Waals surface area contributed by atoms with Crippen LogP contribution < -0.4 is 0 Å². The number of rotatable bonds is 6. The maximum atomic E-state index is 12.7. The minimum Gasteiger partial charge on any atom is -0.356 e. The van der Waals surface area contributed by atoms with Crippen molar-refractivity contribution in [1.82, 2.24) is 20.0 Å². The number of nitrogens with zero attached hydrogens (tertiary/aromatic N) is 4. The van der Waals surface area contributed by atoms with Crippen molar-refractivity contribution in [3.63, 3.8) is 0 Å². The summed E-state index contributed by atoms with van der Waals surface area (Å²) in [6.45, 7) is 3.88. The molecule has 1 aromatic carbocycles. The molecule has 0 bridgehead atoms. The maximum absolute atomic E-state index is 12.7. The third-order valence-corrected chi connectivity index (χ3v) is 5.53. The van der Waals surface area contributed by atoms with Gasteiger partial charge in [0.15, 0.2) is 15.6 Å². The van der Waals surface area contributed by atoms with E-state index in [-0.39, 0.29) is 23.8 Å². The molecule has 0 aliphatic carbocycles. The van der Waals surface area contributed by atoms with Crippen LogP contribution >= 0.6 is 0 Å². The van der Waals surface area contributed by atoms with Crippen LogP contribution in [0.5, 0.6) is 0 Å². The van der Waals surface area contributed by atoms with E-state index in [1.54, 1.807) is 43.3 Å². The lowest BCUT2D eigenvalue weighted by Gasteiger charge is -2.18. The summed E-state index contributed by atoms with van der Waals surface area (Å²) in [5, 5.41) is 3.90. The summed E-state index contributed by atoms with van der Waals surface area (Å²) in [5.74, 6) is 1.03. The number of aromatic nitrogens is 3. The molecule has 0 saturated carbocycles. The monoisotopic (exact) mass is 414 g/mol. The van der Waals surface area contributed by atoms with Gasteiger partial charge in [-0.25, -0.2) is 18.4 Å². The highest BCUT2D eigenvalue weighted by Gasteiger charge is 2.17. The summed E-state index contributed by atoms with van der Waals surface area (Å²) in [5.41, 5.74) is 2.83. The van der Waals surface area contributed by atoms with E-state index in [1.165, 1.54) is 12.1 Å². The Bertz CT molecular complexity index is 1140. The number of carbonyl (C=O) groups is 1. The standard InChI is InChI=1S/C20H22N4O4S/c1-13-9-19(28-23-13)17-11-21-14(2)22-18(17)12-24(3)20(25)10-15-5-7-16(8-6-15)29(4,26)27/h5-9,11H,10,12H2,1-4H3. The Balaban J connectivity index is 1.75. The average molecular weight is 414 g/mol. The van der Waals surface area contributed by atoms with Crippen molar-refractivity contribution in [1.29, 1.82) is 0 Å². The van der Waals surface area contributed by atoms with Gasteiger partial charge in [0.2, 0.25) is 5.91 Å². The van der Waals surface area contributed by atoms with Crippen molar-refractivity contribution >= 4 is 15.7 Å². The highest BCUT2D eigenvalue weighted by molar-refractivity contribution is 7.90. The molecule has 0 saturated heterocycles. The highest BCUT2D eigenvalue weighted by atomic mass is 32.2. The van der Waals surface area contributed by atoms with E-state index in [0.29, 0.717) is 22.8 Å². The molecule has 3 aromatic rings. The lowest BCUT2D eigenvalue weighted by Crippen LogP contribution is -2.28. The molecule has 1 amide bonds. The number of benzene rings is 1. The van der Waals surface area contributed by atoms with Gasteiger partial charge in [-0.3, -0.25) is 4.79 Å².